The Morgan fingerprint density at radius 3 is 2.11 bits per heavy atom. The van der Waals surface area contributed by atoms with Gasteiger partial charge in [-0.2, -0.15) is 0 Å². The molecule has 0 aliphatic rings. The molecule has 0 heterocycles. The summed E-state index contributed by atoms with van der Waals surface area (Å²) >= 11 is 0. The predicted molar refractivity (Wildman–Crippen MR) is 35.1 cm³/mol. The number of aliphatic hydroxyl groups excluding tert-OH is 1. The Labute approximate surface area is 62.0 Å². The minimum absolute atomic E-state index is 0. The highest BCUT2D eigenvalue weighted by Gasteiger charge is 1.98. The Morgan fingerprint density at radius 1 is 1.56 bits per heavy atom. The number of carbonyl (C=O) groups is 2. The molecule has 0 bridgehead atoms. The van der Waals surface area contributed by atoms with Crippen LogP contribution in [0.1, 0.15) is 0 Å². The van der Waals surface area contributed by atoms with Crippen LogP contribution in [0.4, 0.5) is 4.79 Å². The number of carbonyl (C=O) groups excluding carboxylic acids is 2. The predicted octanol–water partition coefficient (Wildman–Crippen LogP) is -1.25. The van der Waals surface area contributed by atoms with E-state index in [4.69, 9.17) is 5.11 Å². The van der Waals surface area contributed by atoms with Crippen molar-refractivity contribution in [3.05, 3.63) is 0 Å². The van der Waals surface area contributed by atoms with Crippen molar-refractivity contribution in [2.75, 3.05) is 6.61 Å². The molecule has 3 amide bonds. The van der Waals surface area contributed by atoms with Crippen molar-refractivity contribution >= 4 is 28.9 Å². The van der Waals surface area contributed by atoms with Crippen molar-refractivity contribution in [2.45, 2.75) is 0 Å². The fraction of sp³-hybridized carbons (Fsp3) is 0.333. The molecule has 4 N–H and O–H groups in total. The zero-order valence-electron chi connectivity index (χ0n) is 4.46. The van der Waals surface area contributed by atoms with Crippen LogP contribution in [0.15, 0.2) is 0 Å². The standard InChI is InChI=1S/C3H6N2O3.BrH/c4-3(8)5-2(7)1-6;/h6H,1H2,(H3,4,5,7,8);1H. The molecule has 54 valence electrons. The van der Waals surface area contributed by atoms with Crippen LogP contribution in [0.2, 0.25) is 0 Å². The summed E-state index contributed by atoms with van der Waals surface area (Å²) in [7, 11) is 0. The van der Waals surface area contributed by atoms with E-state index in [0.717, 1.165) is 0 Å². The highest BCUT2D eigenvalue weighted by molar-refractivity contribution is 8.93. The molecule has 0 aromatic carbocycles. The van der Waals surface area contributed by atoms with Crippen molar-refractivity contribution < 1.29 is 14.7 Å². The molecule has 0 aliphatic carbocycles. The summed E-state index contributed by atoms with van der Waals surface area (Å²) < 4.78 is 0. The zero-order chi connectivity index (χ0) is 6.57. The third-order valence-electron chi connectivity index (χ3n) is 0.406. The smallest absolute Gasteiger partial charge is 0.318 e. The number of nitrogens with one attached hydrogen (secondary N) is 1. The molecule has 6 heteroatoms. The fourth-order valence-electron chi connectivity index (χ4n) is 0.177. The molecule has 9 heavy (non-hydrogen) atoms. The van der Waals surface area contributed by atoms with Gasteiger partial charge in [-0.3, -0.25) is 10.1 Å². The molecule has 0 unspecified atom stereocenters. The van der Waals surface area contributed by atoms with Gasteiger partial charge in [0.05, 0.1) is 0 Å². The van der Waals surface area contributed by atoms with Gasteiger partial charge >= 0.3 is 6.03 Å². The minimum atomic E-state index is -0.955. The number of rotatable bonds is 1. The summed E-state index contributed by atoms with van der Waals surface area (Å²) in [6.45, 7) is -0.719. The van der Waals surface area contributed by atoms with Gasteiger partial charge in [0, 0.05) is 0 Å². The monoisotopic (exact) mass is 198 g/mol. The average molecular weight is 199 g/mol. The second kappa shape index (κ2) is 5.52. The number of aliphatic hydroxyl groups is 1. The minimum Gasteiger partial charge on any atom is -0.387 e. The lowest BCUT2D eigenvalue weighted by molar-refractivity contribution is -0.122. The van der Waals surface area contributed by atoms with Crippen LogP contribution in [0.3, 0.4) is 0 Å². The maximum Gasteiger partial charge on any atom is 0.318 e. The Kier molecular flexibility index (Phi) is 6.87. The zero-order valence-corrected chi connectivity index (χ0v) is 6.17. The summed E-state index contributed by atoms with van der Waals surface area (Å²) in [5.41, 5.74) is 4.49. The highest BCUT2D eigenvalue weighted by Crippen LogP contribution is 1.58. The third-order valence-corrected chi connectivity index (χ3v) is 0.406. The van der Waals surface area contributed by atoms with E-state index in [-0.39, 0.29) is 17.0 Å². The van der Waals surface area contributed by atoms with Crippen LogP contribution in [0.25, 0.3) is 0 Å². The molecule has 0 aliphatic heterocycles. The Morgan fingerprint density at radius 2 is 2.00 bits per heavy atom. The number of nitrogens with two attached hydrogens (primary N) is 1. The first kappa shape index (κ1) is 11.2. The summed E-state index contributed by atoms with van der Waals surface area (Å²) in [6, 6.07) is -0.955. The molecule has 5 nitrogen and oxygen atoms in total. The normalized spacial score (nSPS) is 7.22. The van der Waals surface area contributed by atoms with Gasteiger partial charge in [0.15, 0.2) is 0 Å². The van der Waals surface area contributed by atoms with Crippen LogP contribution in [0, 0.1) is 0 Å². The van der Waals surface area contributed by atoms with Crippen LogP contribution >= 0.6 is 17.0 Å². The van der Waals surface area contributed by atoms with Crippen LogP contribution in [0.5, 0.6) is 0 Å². The molecule has 0 atom stereocenters. The van der Waals surface area contributed by atoms with Gasteiger partial charge in [-0.1, -0.05) is 0 Å². The summed E-state index contributed by atoms with van der Waals surface area (Å²) in [5, 5.41) is 9.61. The topological polar surface area (TPSA) is 92.4 Å². The summed E-state index contributed by atoms with van der Waals surface area (Å²) in [5.74, 6) is -0.794. The van der Waals surface area contributed by atoms with Crippen molar-refractivity contribution in [3.63, 3.8) is 0 Å². The van der Waals surface area contributed by atoms with E-state index in [1.54, 1.807) is 5.32 Å². The number of halogens is 1. The molecule has 0 spiro atoms. The first-order valence-electron chi connectivity index (χ1n) is 1.87. The van der Waals surface area contributed by atoms with E-state index in [0.29, 0.717) is 0 Å². The number of amides is 3. The Hall–Kier alpha value is -0.620. The summed E-state index contributed by atoms with van der Waals surface area (Å²) in [6.07, 6.45) is 0. The van der Waals surface area contributed by atoms with E-state index in [2.05, 4.69) is 5.73 Å². The highest BCUT2D eigenvalue weighted by atomic mass is 79.9. The van der Waals surface area contributed by atoms with Gasteiger partial charge < -0.3 is 10.8 Å². The number of hydrogen-bond acceptors (Lipinski definition) is 3. The van der Waals surface area contributed by atoms with Crippen LogP contribution in [-0.2, 0) is 4.79 Å². The second-order valence-corrected chi connectivity index (χ2v) is 1.07. The quantitative estimate of drug-likeness (QED) is 0.492. The number of imide groups is 1. The fourth-order valence-corrected chi connectivity index (χ4v) is 0.177. The van der Waals surface area contributed by atoms with Crippen LogP contribution in [-0.4, -0.2) is 23.7 Å². The van der Waals surface area contributed by atoms with E-state index in [9.17, 15) is 9.59 Å². The van der Waals surface area contributed by atoms with E-state index in [1.165, 1.54) is 0 Å². The average Bonchev–Trinajstić information content (AvgIpc) is 1.65. The molecule has 0 rings (SSSR count). The van der Waals surface area contributed by atoms with Crippen molar-refractivity contribution in [2.24, 2.45) is 5.73 Å². The molecule has 0 radical (unpaired) electrons. The summed E-state index contributed by atoms with van der Waals surface area (Å²) in [4.78, 5) is 19.7. The van der Waals surface area contributed by atoms with Crippen molar-refractivity contribution in [1.82, 2.24) is 5.32 Å². The Balaban J connectivity index is 0. The second-order valence-electron chi connectivity index (χ2n) is 1.07. The SMILES string of the molecule is Br.NC(=O)NC(=O)CO. The lowest BCUT2D eigenvalue weighted by Crippen LogP contribution is -2.36. The maximum atomic E-state index is 9.96. The maximum absolute atomic E-state index is 9.96. The van der Waals surface area contributed by atoms with Gasteiger partial charge in [-0.15, -0.1) is 17.0 Å². The largest absolute Gasteiger partial charge is 0.387 e. The molecule has 0 aromatic heterocycles. The van der Waals surface area contributed by atoms with Gasteiger partial charge in [0.2, 0.25) is 0 Å². The van der Waals surface area contributed by atoms with Crippen molar-refractivity contribution in [1.29, 1.82) is 0 Å². The third kappa shape index (κ3) is 7.38. The molecule has 0 saturated carbocycles. The van der Waals surface area contributed by atoms with E-state index >= 15 is 0 Å². The first-order valence-corrected chi connectivity index (χ1v) is 1.87. The van der Waals surface area contributed by atoms with Gasteiger partial charge in [0.25, 0.3) is 5.91 Å². The molecule has 0 fully saturated rings. The first-order chi connectivity index (χ1) is 3.66. The number of hydrogen-bond donors (Lipinski definition) is 3. The van der Waals surface area contributed by atoms with Crippen molar-refractivity contribution in [3.8, 4) is 0 Å². The Bertz CT molecular complexity index is 116. The van der Waals surface area contributed by atoms with E-state index < -0.39 is 18.5 Å². The molecule has 0 aromatic rings. The van der Waals surface area contributed by atoms with Gasteiger partial charge in [-0.25, -0.2) is 4.79 Å². The van der Waals surface area contributed by atoms with Gasteiger partial charge in [-0.05, 0) is 0 Å². The lowest BCUT2D eigenvalue weighted by atomic mass is 10.6. The molecular weight excluding hydrogens is 192 g/mol. The van der Waals surface area contributed by atoms with E-state index in [1.807, 2.05) is 0 Å². The molecular formula is C3H7BrN2O3. The number of urea groups is 1. The van der Waals surface area contributed by atoms with Gasteiger partial charge in [0.1, 0.15) is 6.61 Å². The molecule has 0 saturated heterocycles. The lowest BCUT2D eigenvalue weighted by Gasteiger charge is -1.92. The van der Waals surface area contributed by atoms with Crippen LogP contribution < -0.4 is 11.1 Å². The number of primary amides is 1.